The van der Waals surface area contributed by atoms with Gasteiger partial charge in [-0.25, -0.2) is 0 Å². The van der Waals surface area contributed by atoms with E-state index in [1.54, 1.807) is 0 Å². The second-order valence-electron chi connectivity index (χ2n) is 4.09. The summed E-state index contributed by atoms with van der Waals surface area (Å²) >= 11 is 0. The minimum absolute atomic E-state index is 0.0305. The van der Waals surface area contributed by atoms with Crippen molar-refractivity contribution in [2.75, 3.05) is 19.8 Å². The topological polar surface area (TPSA) is 64.3 Å². The van der Waals surface area contributed by atoms with E-state index in [1.165, 1.54) is 19.3 Å². The van der Waals surface area contributed by atoms with E-state index in [0.29, 0.717) is 12.6 Å². The predicted molar refractivity (Wildman–Crippen MR) is 54.8 cm³/mol. The van der Waals surface area contributed by atoms with E-state index in [1.807, 2.05) is 0 Å². The zero-order chi connectivity index (χ0) is 10.4. The van der Waals surface area contributed by atoms with E-state index in [9.17, 15) is 4.79 Å². The van der Waals surface area contributed by atoms with Gasteiger partial charge in [0.25, 0.3) is 0 Å². The quantitative estimate of drug-likeness (QED) is 0.605. The zero-order valence-electron chi connectivity index (χ0n) is 8.79. The first kappa shape index (κ1) is 11.5. The second kappa shape index (κ2) is 5.98. The van der Waals surface area contributed by atoms with E-state index < -0.39 is 5.91 Å². The molecule has 3 N–H and O–H groups in total. The summed E-state index contributed by atoms with van der Waals surface area (Å²) < 4.78 is 5.04. The Balaban J connectivity index is 1.91. The third-order valence-electron chi connectivity index (χ3n) is 2.62. The Morgan fingerprint density at radius 3 is 2.93 bits per heavy atom. The molecule has 0 aromatic carbocycles. The van der Waals surface area contributed by atoms with Crippen molar-refractivity contribution >= 4 is 5.91 Å². The Hall–Kier alpha value is -0.610. The molecule has 1 rings (SSSR count). The number of nitrogens with two attached hydrogens (primary N) is 1. The Kier molecular flexibility index (Phi) is 4.90. The molecule has 4 heteroatoms. The molecule has 14 heavy (non-hydrogen) atoms. The fourth-order valence-electron chi connectivity index (χ4n) is 1.90. The normalized spacial score (nSPS) is 26.6. The fraction of sp³-hybridized carbons (Fsp3) is 0.900. The van der Waals surface area contributed by atoms with E-state index in [4.69, 9.17) is 10.5 Å². The molecule has 2 atom stereocenters. The summed E-state index contributed by atoms with van der Waals surface area (Å²) in [6, 6.07) is 0.641. The van der Waals surface area contributed by atoms with Gasteiger partial charge < -0.3 is 15.8 Å². The molecule has 2 unspecified atom stereocenters. The first-order valence-corrected chi connectivity index (χ1v) is 5.28. The molecule has 0 spiro atoms. The maximum Gasteiger partial charge on any atom is 0.243 e. The standard InChI is InChI=1S/C10H20N2O2/c1-8-2-3-9(6-8)12-4-5-14-7-10(11)13/h8-9,12H,2-7H2,1H3,(H2,11,13). The van der Waals surface area contributed by atoms with Gasteiger partial charge in [0.2, 0.25) is 5.91 Å². The summed E-state index contributed by atoms with van der Waals surface area (Å²) in [4.78, 5) is 10.3. The van der Waals surface area contributed by atoms with Crippen LogP contribution in [0.5, 0.6) is 0 Å². The van der Waals surface area contributed by atoms with Crippen LogP contribution in [0.25, 0.3) is 0 Å². The van der Waals surface area contributed by atoms with Gasteiger partial charge in [-0.05, 0) is 25.2 Å². The van der Waals surface area contributed by atoms with Crippen molar-refractivity contribution in [2.45, 2.75) is 32.2 Å². The van der Waals surface area contributed by atoms with Gasteiger partial charge in [-0.3, -0.25) is 4.79 Å². The number of carbonyl (C=O) groups excluding carboxylic acids is 1. The number of hydrogen-bond acceptors (Lipinski definition) is 3. The van der Waals surface area contributed by atoms with Crippen LogP contribution >= 0.6 is 0 Å². The molecule has 0 heterocycles. The van der Waals surface area contributed by atoms with Crippen molar-refractivity contribution in [1.82, 2.24) is 5.32 Å². The van der Waals surface area contributed by atoms with Gasteiger partial charge in [-0.1, -0.05) is 6.92 Å². The molecular formula is C10H20N2O2. The summed E-state index contributed by atoms with van der Waals surface area (Å²) in [5.74, 6) is 0.443. The Bertz CT molecular complexity index is 185. The largest absolute Gasteiger partial charge is 0.370 e. The lowest BCUT2D eigenvalue weighted by Gasteiger charge is -2.11. The molecule has 1 saturated carbocycles. The van der Waals surface area contributed by atoms with Crippen LogP contribution in [0.2, 0.25) is 0 Å². The zero-order valence-corrected chi connectivity index (χ0v) is 8.79. The van der Waals surface area contributed by atoms with Crippen LogP contribution in [-0.2, 0) is 9.53 Å². The van der Waals surface area contributed by atoms with Crippen LogP contribution in [-0.4, -0.2) is 31.7 Å². The van der Waals surface area contributed by atoms with Crippen LogP contribution in [0.3, 0.4) is 0 Å². The van der Waals surface area contributed by atoms with Gasteiger partial charge in [0.15, 0.2) is 0 Å². The molecule has 1 amide bonds. The summed E-state index contributed by atoms with van der Waals surface area (Å²) in [6.07, 6.45) is 3.84. The van der Waals surface area contributed by atoms with E-state index in [2.05, 4.69) is 12.2 Å². The summed E-state index contributed by atoms with van der Waals surface area (Å²) in [6.45, 7) is 3.69. The minimum atomic E-state index is -0.403. The van der Waals surface area contributed by atoms with E-state index in [-0.39, 0.29) is 6.61 Å². The summed E-state index contributed by atoms with van der Waals surface area (Å²) in [7, 11) is 0. The highest BCUT2D eigenvalue weighted by molar-refractivity contribution is 5.74. The SMILES string of the molecule is CC1CCC(NCCOCC(N)=O)C1. The fourth-order valence-corrected chi connectivity index (χ4v) is 1.90. The number of primary amides is 1. The highest BCUT2D eigenvalue weighted by atomic mass is 16.5. The molecule has 0 saturated heterocycles. The molecule has 0 aromatic heterocycles. The summed E-state index contributed by atoms with van der Waals surface area (Å²) in [5.41, 5.74) is 4.93. The van der Waals surface area contributed by atoms with Gasteiger partial charge in [0.05, 0.1) is 6.61 Å². The van der Waals surface area contributed by atoms with Crippen molar-refractivity contribution < 1.29 is 9.53 Å². The van der Waals surface area contributed by atoms with Gasteiger partial charge in [0.1, 0.15) is 6.61 Å². The highest BCUT2D eigenvalue weighted by Crippen LogP contribution is 2.24. The van der Waals surface area contributed by atoms with Gasteiger partial charge in [-0.2, -0.15) is 0 Å². The predicted octanol–water partition coefficient (Wildman–Crippen LogP) is 0.267. The lowest BCUT2D eigenvalue weighted by atomic mass is 10.1. The van der Waals surface area contributed by atoms with Crippen molar-refractivity contribution in [1.29, 1.82) is 0 Å². The van der Waals surface area contributed by atoms with Crippen molar-refractivity contribution in [3.8, 4) is 0 Å². The maximum atomic E-state index is 10.3. The number of ether oxygens (including phenoxy) is 1. The van der Waals surface area contributed by atoms with Crippen LogP contribution < -0.4 is 11.1 Å². The van der Waals surface area contributed by atoms with Crippen LogP contribution in [0.15, 0.2) is 0 Å². The van der Waals surface area contributed by atoms with Crippen LogP contribution in [0, 0.1) is 5.92 Å². The van der Waals surface area contributed by atoms with Crippen molar-refractivity contribution in [2.24, 2.45) is 11.7 Å². The summed E-state index contributed by atoms with van der Waals surface area (Å²) in [5, 5.41) is 3.41. The number of hydrogen-bond donors (Lipinski definition) is 2. The minimum Gasteiger partial charge on any atom is -0.370 e. The number of amides is 1. The average molecular weight is 200 g/mol. The Morgan fingerprint density at radius 1 is 1.57 bits per heavy atom. The molecule has 82 valence electrons. The molecule has 1 fully saturated rings. The lowest BCUT2D eigenvalue weighted by Crippen LogP contribution is -2.30. The van der Waals surface area contributed by atoms with Crippen molar-refractivity contribution in [3.63, 3.8) is 0 Å². The van der Waals surface area contributed by atoms with Gasteiger partial charge >= 0.3 is 0 Å². The van der Waals surface area contributed by atoms with Gasteiger partial charge in [0, 0.05) is 12.6 Å². The van der Waals surface area contributed by atoms with Gasteiger partial charge in [-0.15, -0.1) is 0 Å². The molecule has 0 aromatic rings. The Morgan fingerprint density at radius 2 is 2.36 bits per heavy atom. The van der Waals surface area contributed by atoms with Crippen LogP contribution in [0.4, 0.5) is 0 Å². The molecule has 0 bridgehead atoms. The van der Waals surface area contributed by atoms with E-state index in [0.717, 1.165) is 12.5 Å². The second-order valence-corrected chi connectivity index (χ2v) is 4.09. The molecule has 0 aliphatic heterocycles. The smallest absolute Gasteiger partial charge is 0.243 e. The highest BCUT2D eigenvalue weighted by Gasteiger charge is 2.19. The lowest BCUT2D eigenvalue weighted by molar-refractivity contribution is -0.122. The van der Waals surface area contributed by atoms with Crippen molar-refractivity contribution in [3.05, 3.63) is 0 Å². The monoisotopic (exact) mass is 200 g/mol. The number of rotatable bonds is 6. The van der Waals surface area contributed by atoms with E-state index >= 15 is 0 Å². The Labute approximate surface area is 85.2 Å². The molecule has 1 aliphatic rings. The molecule has 0 radical (unpaired) electrons. The first-order valence-electron chi connectivity index (χ1n) is 5.28. The third kappa shape index (κ3) is 4.58. The average Bonchev–Trinajstić information content (AvgIpc) is 2.50. The molecule has 4 nitrogen and oxygen atoms in total. The number of carbonyl (C=O) groups is 1. The molecule has 1 aliphatic carbocycles. The third-order valence-corrected chi connectivity index (χ3v) is 2.62. The first-order chi connectivity index (χ1) is 6.68. The van der Waals surface area contributed by atoms with Crippen LogP contribution in [0.1, 0.15) is 26.2 Å². The molecular weight excluding hydrogens is 180 g/mol. The number of nitrogens with one attached hydrogen (secondary N) is 1. The maximum absolute atomic E-state index is 10.3.